The minimum absolute atomic E-state index is 0.0508. The number of carbonyl (C=O) groups is 1. The van der Waals surface area contributed by atoms with Crippen LogP contribution < -0.4 is 5.32 Å². The quantitative estimate of drug-likeness (QED) is 0.827. The average molecular weight is 297 g/mol. The van der Waals surface area contributed by atoms with Crippen LogP contribution in [0.15, 0.2) is 0 Å². The van der Waals surface area contributed by atoms with Gasteiger partial charge in [-0.3, -0.25) is 0 Å². The van der Waals surface area contributed by atoms with Gasteiger partial charge >= 0.3 is 6.03 Å². The highest BCUT2D eigenvalue weighted by molar-refractivity contribution is 5.74. The number of rotatable bonds is 4. The van der Waals surface area contributed by atoms with Crippen LogP contribution in [0.4, 0.5) is 4.79 Å². The third-order valence-corrected chi connectivity index (χ3v) is 4.89. The van der Waals surface area contributed by atoms with Crippen molar-refractivity contribution in [2.45, 2.75) is 45.6 Å². The molecule has 0 aliphatic carbocycles. The van der Waals surface area contributed by atoms with Crippen LogP contribution in [0.3, 0.4) is 0 Å². The van der Waals surface area contributed by atoms with Gasteiger partial charge in [-0.2, -0.15) is 0 Å². The first-order valence-corrected chi connectivity index (χ1v) is 8.47. The van der Waals surface area contributed by atoms with E-state index in [4.69, 9.17) is 0 Å². The Hall–Kier alpha value is -0.810. The molecule has 0 aromatic carbocycles. The summed E-state index contributed by atoms with van der Waals surface area (Å²) in [5, 5.41) is 12.3. The van der Waals surface area contributed by atoms with E-state index in [1.807, 2.05) is 4.90 Å². The van der Waals surface area contributed by atoms with Crippen LogP contribution in [-0.2, 0) is 0 Å². The van der Waals surface area contributed by atoms with Crippen LogP contribution in [0, 0.1) is 11.8 Å². The van der Waals surface area contributed by atoms with E-state index in [1.165, 1.54) is 19.4 Å². The molecule has 0 aromatic heterocycles. The third-order valence-electron chi connectivity index (χ3n) is 4.89. The van der Waals surface area contributed by atoms with Gasteiger partial charge in [-0.1, -0.05) is 0 Å². The molecule has 2 rings (SSSR count). The summed E-state index contributed by atoms with van der Waals surface area (Å²) in [5.41, 5.74) is 0. The Bertz CT molecular complexity index is 335. The molecule has 5 heteroatoms. The first kappa shape index (κ1) is 16.6. The molecule has 2 fully saturated rings. The van der Waals surface area contributed by atoms with Gasteiger partial charge in [-0.05, 0) is 57.9 Å². The number of amides is 2. The van der Waals surface area contributed by atoms with Gasteiger partial charge in [0.2, 0.25) is 0 Å². The van der Waals surface area contributed by atoms with Crippen molar-refractivity contribution < 1.29 is 9.90 Å². The molecule has 0 bridgehead atoms. The molecule has 2 heterocycles. The average Bonchev–Trinajstić information content (AvgIpc) is 2.53. The lowest BCUT2D eigenvalue weighted by atomic mass is 9.97. The van der Waals surface area contributed by atoms with E-state index < -0.39 is 0 Å². The minimum atomic E-state index is 0.0508. The summed E-state index contributed by atoms with van der Waals surface area (Å²) < 4.78 is 0. The number of hydrogen-bond acceptors (Lipinski definition) is 3. The second-order valence-corrected chi connectivity index (χ2v) is 6.92. The fourth-order valence-electron chi connectivity index (χ4n) is 3.47. The molecule has 2 saturated heterocycles. The predicted molar refractivity (Wildman–Crippen MR) is 84.2 cm³/mol. The lowest BCUT2D eigenvalue weighted by Gasteiger charge is -2.36. The van der Waals surface area contributed by atoms with Crippen molar-refractivity contribution in [1.29, 1.82) is 0 Å². The van der Waals surface area contributed by atoms with Gasteiger partial charge in [0.05, 0.1) is 0 Å². The molecule has 0 saturated carbocycles. The van der Waals surface area contributed by atoms with Crippen LogP contribution in [0.5, 0.6) is 0 Å². The minimum Gasteiger partial charge on any atom is -0.396 e. The second kappa shape index (κ2) is 7.99. The molecule has 0 spiro atoms. The Kier molecular flexibility index (Phi) is 6.30. The van der Waals surface area contributed by atoms with Gasteiger partial charge in [0, 0.05) is 38.8 Å². The van der Waals surface area contributed by atoms with Gasteiger partial charge in [0.1, 0.15) is 0 Å². The molecule has 122 valence electrons. The number of aliphatic hydroxyl groups excluding tert-OH is 1. The largest absolute Gasteiger partial charge is 0.396 e. The number of nitrogens with zero attached hydrogens (tertiary/aromatic N) is 2. The highest BCUT2D eigenvalue weighted by Crippen LogP contribution is 2.18. The summed E-state index contributed by atoms with van der Waals surface area (Å²) in [6, 6.07) is 0.644. The zero-order valence-corrected chi connectivity index (χ0v) is 13.6. The Morgan fingerprint density at radius 3 is 2.62 bits per heavy atom. The summed E-state index contributed by atoms with van der Waals surface area (Å²) >= 11 is 0. The first-order valence-electron chi connectivity index (χ1n) is 8.47. The number of nitrogens with one attached hydrogen (secondary N) is 1. The van der Waals surface area contributed by atoms with Crippen molar-refractivity contribution in [2.24, 2.45) is 11.8 Å². The van der Waals surface area contributed by atoms with Gasteiger partial charge in [-0.25, -0.2) is 4.79 Å². The molecule has 2 N–H and O–H groups in total. The normalized spacial score (nSPS) is 27.9. The third kappa shape index (κ3) is 4.85. The number of carbonyl (C=O) groups excluding carboxylic acids is 1. The van der Waals surface area contributed by atoms with Crippen molar-refractivity contribution in [1.82, 2.24) is 15.1 Å². The fraction of sp³-hybridized carbons (Fsp3) is 0.938. The van der Waals surface area contributed by atoms with E-state index in [0.717, 1.165) is 32.5 Å². The molecule has 5 nitrogen and oxygen atoms in total. The Labute approximate surface area is 128 Å². The van der Waals surface area contributed by atoms with Gasteiger partial charge < -0.3 is 20.2 Å². The number of hydrogen-bond donors (Lipinski definition) is 2. The van der Waals surface area contributed by atoms with E-state index in [0.29, 0.717) is 18.5 Å². The van der Waals surface area contributed by atoms with Crippen molar-refractivity contribution in [2.75, 3.05) is 39.3 Å². The molecule has 0 unspecified atom stereocenters. The molecular weight excluding hydrogens is 266 g/mol. The summed E-state index contributed by atoms with van der Waals surface area (Å²) in [5.74, 6) is 0.833. The monoisotopic (exact) mass is 297 g/mol. The van der Waals surface area contributed by atoms with Gasteiger partial charge in [-0.15, -0.1) is 0 Å². The number of aliphatic hydroxyl groups is 1. The number of piperidine rings is 2. The van der Waals surface area contributed by atoms with Crippen molar-refractivity contribution in [3.05, 3.63) is 0 Å². The zero-order chi connectivity index (χ0) is 15.2. The molecule has 2 amide bonds. The maximum Gasteiger partial charge on any atom is 0.317 e. The van der Waals surface area contributed by atoms with Crippen LogP contribution >= 0.6 is 0 Å². The van der Waals surface area contributed by atoms with E-state index in [2.05, 4.69) is 24.1 Å². The highest BCUT2D eigenvalue weighted by atomic mass is 16.3. The Balaban J connectivity index is 1.73. The summed E-state index contributed by atoms with van der Waals surface area (Å²) in [4.78, 5) is 16.6. The van der Waals surface area contributed by atoms with Crippen molar-refractivity contribution in [3.8, 4) is 0 Å². The maximum atomic E-state index is 12.2. The Morgan fingerprint density at radius 1 is 1.19 bits per heavy atom. The summed E-state index contributed by atoms with van der Waals surface area (Å²) in [7, 11) is 0. The molecule has 2 aliphatic heterocycles. The van der Waals surface area contributed by atoms with Crippen LogP contribution in [-0.4, -0.2) is 66.3 Å². The maximum absolute atomic E-state index is 12.2. The number of likely N-dealkylation sites (tertiary alicyclic amines) is 2. The standard InChI is InChI=1S/C16H31N3O2/c1-13(2)18-7-3-5-14(10-18)9-17-16(21)19-8-4-6-15(11-19)12-20/h13-15,20H,3-12H2,1-2H3,(H,17,21)/t14-,15-/m1/s1. The fourth-order valence-corrected chi connectivity index (χ4v) is 3.47. The van der Waals surface area contributed by atoms with Gasteiger partial charge in [0.25, 0.3) is 0 Å². The molecule has 0 aromatic rings. The van der Waals surface area contributed by atoms with Gasteiger partial charge in [0.15, 0.2) is 0 Å². The topological polar surface area (TPSA) is 55.8 Å². The van der Waals surface area contributed by atoms with Crippen LogP contribution in [0.2, 0.25) is 0 Å². The molecular formula is C16H31N3O2. The first-order chi connectivity index (χ1) is 10.1. The second-order valence-electron chi connectivity index (χ2n) is 6.92. The van der Waals surface area contributed by atoms with Crippen LogP contribution in [0.25, 0.3) is 0 Å². The summed E-state index contributed by atoms with van der Waals surface area (Å²) in [6.45, 7) is 9.26. The zero-order valence-electron chi connectivity index (χ0n) is 13.6. The molecule has 2 aliphatic rings. The lowest BCUT2D eigenvalue weighted by Crippen LogP contribution is -2.49. The number of urea groups is 1. The van der Waals surface area contributed by atoms with E-state index in [9.17, 15) is 9.90 Å². The smallest absolute Gasteiger partial charge is 0.317 e. The van der Waals surface area contributed by atoms with Crippen LogP contribution in [0.1, 0.15) is 39.5 Å². The van der Waals surface area contributed by atoms with Crippen molar-refractivity contribution in [3.63, 3.8) is 0 Å². The molecule has 2 atom stereocenters. The summed E-state index contributed by atoms with van der Waals surface area (Å²) in [6.07, 6.45) is 4.48. The van der Waals surface area contributed by atoms with Crippen molar-refractivity contribution >= 4 is 6.03 Å². The molecule has 0 radical (unpaired) electrons. The van der Waals surface area contributed by atoms with E-state index >= 15 is 0 Å². The van der Waals surface area contributed by atoms with E-state index in [-0.39, 0.29) is 18.6 Å². The Morgan fingerprint density at radius 2 is 1.90 bits per heavy atom. The van der Waals surface area contributed by atoms with E-state index in [1.54, 1.807) is 0 Å². The molecule has 21 heavy (non-hydrogen) atoms. The lowest BCUT2D eigenvalue weighted by molar-refractivity contribution is 0.121. The highest BCUT2D eigenvalue weighted by Gasteiger charge is 2.25. The SMILES string of the molecule is CC(C)N1CCC[C@H](CNC(=O)N2CCC[C@@H](CO)C2)C1. The predicted octanol–water partition coefficient (Wildman–Crippen LogP) is 1.52.